The SMILES string of the molecule is COc1ccc(-c2cc(-c3ccccc3)c(-c3ccccc3)c(=O)o2)cc1. The van der Waals surface area contributed by atoms with Gasteiger partial charge in [0, 0.05) is 11.1 Å². The molecule has 0 spiro atoms. The quantitative estimate of drug-likeness (QED) is 0.475. The molecule has 0 radical (unpaired) electrons. The third kappa shape index (κ3) is 3.40. The van der Waals surface area contributed by atoms with E-state index in [4.69, 9.17) is 9.15 Å². The Hall–Kier alpha value is -3.59. The first-order valence-corrected chi connectivity index (χ1v) is 8.69. The van der Waals surface area contributed by atoms with Crippen molar-refractivity contribution >= 4 is 0 Å². The molecule has 0 unspecified atom stereocenters. The third-order valence-electron chi connectivity index (χ3n) is 4.47. The van der Waals surface area contributed by atoms with E-state index in [9.17, 15) is 4.79 Å². The van der Waals surface area contributed by atoms with Gasteiger partial charge in [0.25, 0.3) is 0 Å². The summed E-state index contributed by atoms with van der Waals surface area (Å²) in [6.07, 6.45) is 0. The smallest absolute Gasteiger partial charge is 0.344 e. The van der Waals surface area contributed by atoms with E-state index in [0.29, 0.717) is 11.3 Å². The second kappa shape index (κ2) is 7.34. The van der Waals surface area contributed by atoms with Crippen LogP contribution in [0.15, 0.2) is 100 Å². The fraction of sp³-hybridized carbons (Fsp3) is 0.0417. The van der Waals surface area contributed by atoms with Crippen LogP contribution < -0.4 is 10.4 Å². The van der Waals surface area contributed by atoms with Gasteiger partial charge in [-0.25, -0.2) is 4.79 Å². The van der Waals surface area contributed by atoms with E-state index in [-0.39, 0.29) is 5.63 Å². The molecule has 0 fully saturated rings. The van der Waals surface area contributed by atoms with Crippen molar-refractivity contribution in [2.45, 2.75) is 0 Å². The summed E-state index contributed by atoms with van der Waals surface area (Å²) in [5.41, 5.74) is 3.70. The maximum Gasteiger partial charge on any atom is 0.344 e. The molecule has 0 aliphatic rings. The van der Waals surface area contributed by atoms with E-state index in [1.165, 1.54) is 0 Å². The van der Waals surface area contributed by atoms with Crippen LogP contribution in [0.5, 0.6) is 5.75 Å². The highest BCUT2D eigenvalue weighted by Gasteiger charge is 2.16. The molecule has 1 aromatic heterocycles. The monoisotopic (exact) mass is 354 g/mol. The van der Waals surface area contributed by atoms with Gasteiger partial charge in [0.05, 0.1) is 12.7 Å². The standard InChI is InChI=1S/C24H18O3/c1-26-20-14-12-18(13-15-20)22-16-21(17-8-4-2-5-9-17)23(24(25)27-22)19-10-6-3-7-11-19/h2-16H,1H3. The van der Waals surface area contributed by atoms with Crippen molar-refractivity contribution < 1.29 is 9.15 Å². The zero-order chi connectivity index (χ0) is 18.6. The highest BCUT2D eigenvalue weighted by Crippen LogP contribution is 2.33. The lowest BCUT2D eigenvalue weighted by Crippen LogP contribution is -2.06. The van der Waals surface area contributed by atoms with Crippen LogP contribution in [-0.4, -0.2) is 7.11 Å². The molecule has 0 atom stereocenters. The van der Waals surface area contributed by atoms with Crippen LogP contribution >= 0.6 is 0 Å². The molecule has 3 heteroatoms. The van der Waals surface area contributed by atoms with E-state index in [0.717, 1.165) is 28.0 Å². The molecule has 4 rings (SSSR count). The van der Waals surface area contributed by atoms with Gasteiger partial charge in [-0.05, 0) is 41.5 Å². The minimum absolute atomic E-state index is 0.353. The average Bonchev–Trinajstić information content (AvgIpc) is 2.74. The van der Waals surface area contributed by atoms with Crippen LogP contribution in [-0.2, 0) is 0 Å². The highest BCUT2D eigenvalue weighted by molar-refractivity contribution is 5.84. The van der Waals surface area contributed by atoms with Gasteiger partial charge in [0.2, 0.25) is 0 Å². The van der Waals surface area contributed by atoms with E-state index in [1.807, 2.05) is 91.0 Å². The maximum absolute atomic E-state index is 12.9. The second-order valence-corrected chi connectivity index (χ2v) is 6.15. The van der Waals surface area contributed by atoms with Crippen LogP contribution in [0.1, 0.15) is 0 Å². The lowest BCUT2D eigenvalue weighted by Gasteiger charge is -2.11. The van der Waals surface area contributed by atoms with Gasteiger partial charge < -0.3 is 9.15 Å². The van der Waals surface area contributed by atoms with Crippen LogP contribution in [0.4, 0.5) is 0 Å². The van der Waals surface area contributed by atoms with Crippen molar-refractivity contribution in [3.05, 3.63) is 101 Å². The fourth-order valence-corrected chi connectivity index (χ4v) is 3.11. The number of benzene rings is 3. The number of methoxy groups -OCH3 is 1. The summed E-state index contributed by atoms with van der Waals surface area (Å²) in [5, 5.41) is 0. The Kier molecular flexibility index (Phi) is 4.58. The van der Waals surface area contributed by atoms with Crippen LogP contribution in [0, 0.1) is 0 Å². The lowest BCUT2D eigenvalue weighted by molar-refractivity contribution is 0.415. The topological polar surface area (TPSA) is 39.4 Å². The van der Waals surface area contributed by atoms with Crippen molar-refractivity contribution in [1.29, 1.82) is 0 Å². The van der Waals surface area contributed by atoms with Crippen LogP contribution in [0.3, 0.4) is 0 Å². The Morgan fingerprint density at radius 2 is 1.30 bits per heavy atom. The summed E-state index contributed by atoms with van der Waals surface area (Å²) in [6, 6.07) is 28.9. The van der Waals surface area contributed by atoms with E-state index in [2.05, 4.69) is 0 Å². The Bertz CT molecular complexity index is 1100. The summed E-state index contributed by atoms with van der Waals surface area (Å²) in [4.78, 5) is 12.9. The van der Waals surface area contributed by atoms with Gasteiger partial charge in [-0.2, -0.15) is 0 Å². The number of hydrogen-bond donors (Lipinski definition) is 0. The molecule has 0 amide bonds. The summed E-state index contributed by atoms with van der Waals surface area (Å²) in [5.74, 6) is 1.28. The third-order valence-corrected chi connectivity index (χ3v) is 4.47. The first-order valence-electron chi connectivity index (χ1n) is 8.69. The van der Waals surface area contributed by atoms with Crippen molar-refractivity contribution in [2.24, 2.45) is 0 Å². The van der Waals surface area contributed by atoms with E-state index in [1.54, 1.807) is 7.11 Å². The predicted molar refractivity (Wildman–Crippen MR) is 108 cm³/mol. The van der Waals surface area contributed by atoms with E-state index < -0.39 is 0 Å². The largest absolute Gasteiger partial charge is 0.497 e. The van der Waals surface area contributed by atoms with Gasteiger partial charge in [-0.15, -0.1) is 0 Å². The molecule has 1 heterocycles. The molecule has 132 valence electrons. The molecule has 0 saturated carbocycles. The zero-order valence-corrected chi connectivity index (χ0v) is 14.9. The normalized spacial score (nSPS) is 10.6. The van der Waals surface area contributed by atoms with Crippen LogP contribution in [0.2, 0.25) is 0 Å². The Morgan fingerprint density at radius 1 is 0.704 bits per heavy atom. The van der Waals surface area contributed by atoms with Gasteiger partial charge in [-0.1, -0.05) is 60.7 Å². The van der Waals surface area contributed by atoms with Gasteiger partial charge in [0.15, 0.2) is 0 Å². The second-order valence-electron chi connectivity index (χ2n) is 6.15. The summed E-state index contributed by atoms with van der Waals surface area (Å²) < 4.78 is 10.9. The Labute approximate surface area is 157 Å². The predicted octanol–water partition coefficient (Wildman–Crippen LogP) is 5.65. The molecule has 0 aliphatic carbocycles. The molecular weight excluding hydrogens is 336 g/mol. The minimum atomic E-state index is -0.353. The Morgan fingerprint density at radius 3 is 1.89 bits per heavy atom. The number of rotatable bonds is 4. The van der Waals surface area contributed by atoms with E-state index >= 15 is 0 Å². The minimum Gasteiger partial charge on any atom is -0.497 e. The van der Waals surface area contributed by atoms with Crippen molar-refractivity contribution in [3.8, 4) is 39.3 Å². The summed E-state index contributed by atoms with van der Waals surface area (Å²) in [6.45, 7) is 0. The van der Waals surface area contributed by atoms with Gasteiger partial charge in [0.1, 0.15) is 11.5 Å². The van der Waals surface area contributed by atoms with Crippen LogP contribution in [0.25, 0.3) is 33.6 Å². The van der Waals surface area contributed by atoms with Gasteiger partial charge in [-0.3, -0.25) is 0 Å². The average molecular weight is 354 g/mol. The molecule has 0 aliphatic heterocycles. The van der Waals surface area contributed by atoms with Crippen molar-refractivity contribution in [3.63, 3.8) is 0 Å². The number of hydrogen-bond acceptors (Lipinski definition) is 3. The first kappa shape index (κ1) is 16.9. The maximum atomic E-state index is 12.9. The van der Waals surface area contributed by atoms with Crippen molar-refractivity contribution in [2.75, 3.05) is 7.11 Å². The Balaban J connectivity index is 1.94. The lowest BCUT2D eigenvalue weighted by atomic mass is 9.95. The molecule has 0 saturated heterocycles. The molecule has 4 aromatic rings. The molecule has 0 bridgehead atoms. The fourth-order valence-electron chi connectivity index (χ4n) is 3.11. The van der Waals surface area contributed by atoms with Gasteiger partial charge >= 0.3 is 5.63 Å². The first-order chi connectivity index (χ1) is 13.3. The summed E-state index contributed by atoms with van der Waals surface area (Å²) in [7, 11) is 1.62. The molecular formula is C24H18O3. The zero-order valence-electron chi connectivity index (χ0n) is 14.9. The molecule has 3 aromatic carbocycles. The van der Waals surface area contributed by atoms with Crippen molar-refractivity contribution in [1.82, 2.24) is 0 Å². The number of ether oxygens (including phenoxy) is 1. The molecule has 27 heavy (non-hydrogen) atoms. The highest BCUT2D eigenvalue weighted by atomic mass is 16.5. The molecule has 0 N–H and O–H groups in total. The molecule has 3 nitrogen and oxygen atoms in total. The summed E-state index contributed by atoms with van der Waals surface area (Å²) >= 11 is 0.